The van der Waals surface area contributed by atoms with Crippen LogP contribution in [-0.4, -0.2) is 23.3 Å². The van der Waals surface area contributed by atoms with Crippen LogP contribution in [0.3, 0.4) is 0 Å². The van der Waals surface area contributed by atoms with Gasteiger partial charge in [0, 0.05) is 13.1 Å². The lowest BCUT2D eigenvalue weighted by atomic mass is 10.2. The zero-order valence-corrected chi connectivity index (χ0v) is 10.8. The van der Waals surface area contributed by atoms with Crippen molar-refractivity contribution >= 4 is 17.4 Å². The van der Waals surface area contributed by atoms with E-state index in [0.29, 0.717) is 0 Å². The maximum absolute atomic E-state index is 5.37. The Morgan fingerprint density at radius 3 is 1.87 bits per heavy atom. The van der Waals surface area contributed by atoms with Crippen molar-refractivity contribution < 1.29 is 4.84 Å². The smallest absolute Gasteiger partial charge is 0.276 e. The molecule has 0 unspecified atom stereocenters. The van der Waals surface area contributed by atoms with E-state index < -0.39 is 0 Å². The van der Waals surface area contributed by atoms with Gasteiger partial charge in [-0.15, -0.1) is 5.06 Å². The Morgan fingerprint density at radius 1 is 1.07 bits per heavy atom. The molecule has 0 heterocycles. The molecule has 0 aliphatic rings. The lowest BCUT2D eigenvalue weighted by molar-refractivity contribution is -0.0731. The van der Waals surface area contributed by atoms with Gasteiger partial charge in [0.1, 0.15) is 0 Å². The van der Waals surface area contributed by atoms with Crippen molar-refractivity contribution in [3.05, 3.63) is 0 Å². The number of unbranched alkanes of at least 4 members (excludes halogenated alkanes) is 4. The molecule has 0 bridgehead atoms. The average molecular weight is 232 g/mol. The van der Waals surface area contributed by atoms with E-state index in [9.17, 15) is 0 Å². The molecule has 0 amide bonds. The molecule has 90 valence electrons. The first kappa shape index (κ1) is 14.6. The molecule has 0 radical (unpaired) electrons. The minimum atomic E-state index is 0.128. The first-order valence-electron chi connectivity index (χ1n) is 5.93. The van der Waals surface area contributed by atoms with Crippen LogP contribution >= 0.6 is 12.2 Å². The van der Waals surface area contributed by atoms with Gasteiger partial charge in [0.25, 0.3) is 5.17 Å². The van der Waals surface area contributed by atoms with Gasteiger partial charge < -0.3 is 10.6 Å². The van der Waals surface area contributed by atoms with Gasteiger partial charge >= 0.3 is 0 Å². The van der Waals surface area contributed by atoms with Crippen LogP contribution in [0.2, 0.25) is 0 Å². The van der Waals surface area contributed by atoms with Gasteiger partial charge in [-0.3, -0.25) is 0 Å². The molecule has 15 heavy (non-hydrogen) atoms. The molecule has 0 saturated heterocycles. The number of nitrogens with zero attached hydrogens (tertiary/aromatic N) is 1. The molecular weight excluding hydrogens is 208 g/mol. The maximum atomic E-state index is 5.37. The van der Waals surface area contributed by atoms with E-state index in [2.05, 4.69) is 13.8 Å². The fourth-order valence-electron chi connectivity index (χ4n) is 1.41. The summed E-state index contributed by atoms with van der Waals surface area (Å²) in [4.78, 5) is 5.29. The third-order valence-corrected chi connectivity index (χ3v) is 2.32. The fourth-order valence-corrected chi connectivity index (χ4v) is 1.51. The zero-order chi connectivity index (χ0) is 11.5. The fraction of sp³-hybridized carbons (Fsp3) is 0.909. The molecule has 0 aliphatic carbocycles. The number of hydroxylamine groups is 2. The van der Waals surface area contributed by atoms with Crippen LogP contribution in [0.4, 0.5) is 0 Å². The lowest BCUT2D eigenvalue weighted by Gasteiger charge is -2.20. The van der Waals surface area contributed by atoms with Gasteiger partial charge in [-0.2, -0.15) is 0 Å². The van der Waals surface area contributed by atoms with E-state index in [-0.39, 0.29) is 5.17 Å². The van der Waals surface area contributed by atoms with E-state index in [0.717, 1.165) is 25.9 Å². The molecule has 0 aromatic rings. The molecule has 0 fully saturated rings. The predicted molar refractivity (Wildman–Crippen MR) is 68.5 cm³/mol. The number of thiocarbonyl (C=S) groups is 1. The highest BCUT2D eigenvalue weighted by atomic mass is 32.1. The predicted octanol–water partition coefficient (Wildman–Crippen LogP) is 2.84. The molecule has 0 aromatic carbocycles. The Bertz CT molecular complexity index is 155. The number of hydrogen-bond acceptors (Lipinski definition) is 3. The van der Waals surface area contributed by atoms with Crippen LogP contribution in [0.5, 0.6) is 0 Å². The molecule has 0 saturated carbocycles. The molecule has 4 heteroatoms. The van der Waals surface area contributed by atoms with Crippen LogP contribution in [0.1, 0.15) is 52.4 Å². The van der Waals surface area contributed by atoms with Crippen LogP contribution < -0.4 is 5.73 Å². The maximum Gasteiger partial charge on any atom is 0.276 e. The van der Waals surface area contributed by atoms with Crippen LogP contribution in [0.15, 0.2) is 0 Å². The summed E-state index contributed by atoms with van der Waals surface area (Å²) in [5.74, 6) is 0. The van der Waals surface area contributed by atoms with Crippen molar-refractivity contribution in [3.8, 4) is 0 Å². The number of rotatable bonds is 9. The van der Waals surface area contributed by atoms with E-state index >= 15 is 0 Å². The summed E-state index contributed by atoms with van der Waals surface area (Å²) in [5, 5.41) is 2.02. The highest BCUT2D eigenvalue weighted by Crippen LogP contribution is 2.03. The van der Waals surface area contributed by atoms with Gasteiger partial charge in [0.15, 0.2) is 0 Å². The third kappa shape index (κ3) is 9.94. The average Bonchev–Trinajstić information content (AvgIpc) is 2.17. The first-order chi connectivity index (χ1) is 7.20. The second-order valence-electron chi connectivity index (χ2n) is 3.75. The van der Waals surface area contributed by atoms with Crippen molar-refractivity contribution in [2.24, 2.45) is 5.73 Å². The molecular formula is C11H24N2OS. The Morgan fingerprint density at radius 2 is 1.53 bits per heavy atom. The monoisotopic (exact) mass is 232 g/mol. The SMILES string of the molecule is CCCCCN(CCCCC)OC(N)=S. The molecule has 3 nitrogen and oxygen atoms in total. The summed E-state index contributed by atoms with van der Waals surface area (Å²) in [6, 6.07) is 0. The van der Waals surface area contributed by atoms with Crippen molar-refractivity contribution in [3.63, 3.8) is 0 Å². The van der Waals surface area contributed by atoms with Crippen molar-refractivity contribution in [1.29, 1.82) is 0 Å². The molecule has 0 aliphatic heterocycles. The van der Waals surface area contributed by atoms with Gasteiger partial charge in [0.05, 0.1) is 0 Å². The van der Waals surface area contributed by atoms with E-state index in [1.165, 1.54) is 25.7 Å². The highest BCUT2D eigenvalue weighted by molar-refractivity contribution is 7.79. The normalized spacial score (nSPS) is 10.6. The Hall–Kier alpha value is -0.350. The summed E-state index contributed by atoms with van der Waals surface area (Å²) < 4.78 is 0. The summed E-state index contributed by atoms with van der Waals surface area (Å²) in [5.41, 5.74) is 5.37. The third-order valence-electron chi connectivity index (χ3n) is 2.24. The lowest BCUT2D eigenvalue weighted by Crippen LogP contribution is -2.31. The van der Waals surface area contributed by atoms with Crippen LogP contribution in [0, 0.1) is 0 Å². The summed E-state index contributed by atoms with van der Waals surface area (Å²) >= 11 is 4.74. The standard InChI is InChI=1S/C11H24N2OS/c1-3-5-7-9-13(14-11(12)15)10-8-6-4-2/h3-10H2,1-2H3,(H2,12,15). The van der Waals surface area contributed by atoms with Crippen molar-refractivity contribution in [2.45, 2.75) is 52.4 Å². The zero-order valence-electron chi connectivity index (χ0n) is 10.00. The Labute approximate surface area is 98.9 Å². The topological polar surface area (TPSA) is 38.5 Å². The Kier molecular flexibility index (Phi) is 9.94. The molecule has 0 aromatic heterocycles. The Balaban J connectivity index is 3.68. The second kappa shape index (κ2) is 10.2. The molecule has 0 rings (SSSR count). The van der Waals surface area contributed by atoms with Gasteiger partial charge in [-0.05, 0) is 25.1 Å². The van der Waals surface area contributed by atoms with Crippen LogP contribution in [-0.2, 0) is 4.84 Å². The van der Waals surface area contributed by atoms with Gasteiger partial charge in [-0.25, -0.2) is 0 Å². The largest absolute Gasteiger partial charge is 0.376 e. The summed E-state index contributed by atoms with van der Waals surface area (Å²) in [7, 11) is 0. The summed E-state index contributed by atoms with van der Waals surface area (Å²) in [6.45, 7) is 6.23. The van der Waals surface area contributed by atoms with E-state index in [1.54, 1.807) is 0 Å². The first-order valence-corrected chi connectivity index (χ1v) is 6.33. The quantitative estimate of drug-likeness (QED) is 0.377. The van der Waals surface area contributed by atoms with Crippen molar-refractivity contribution in [1.82, 2.24) is 5.06 Å². The molecule has 2 N–H and O–H groups in total. The number of hydrogen-bond donors (Lipinski definition) is 1. The van der Waals surface area contributed by atoms with E-state index in [1.807, 2.05) is 5.06 Å². The van der Waals surface area contributed by atoms with E-state index in [4.69, 9.17) is 22.8 Å². The van der Waals surface area contributed by atoms with Crippen molar-refractivity contribution in [2.75, 3.05) is 13.1 Å². The highest BCUT2D eigenvalue weighted by Gasteiger charge is 2.06. The molecule has 0 spiro atoms. The van der Waals surface area contributed by atoms with Crippen LogP contribution in [0.25, 0.3) is 0 Å². The van der Waals surface area contributed by atoms with Gasteiger partial charge in [0.2, 0.25) is 0 Å². The minimum Gasteiger partial charge on any atom is -0.376 e. The summed E-state index contributed by atoms with van der Waals surface area (Å²) in [6.07, 6.45) is 7.18. The molecule has 0 atom stereocenters. The van der Waals surface area contributed by atoms with Gasteiger partial charge in [-0.1, -0.05) is 39.5 Å². The number of nitrogens with two attached hydrogens (primary N) is 1. The minimum absolute atomic E-state index is 0.128. The second-order valence-corrected chi connectivity index (χ2v) is 4.16.